The molecule has 5 heteroatoms. The van der Waals surface area contributed by atoms with Gasteiger partial charge in [0.2, 0.25) is 0 Å². The van der Waals surface area contributed by atoms with Crippen molar-refractivity contribution in [2.45, 2.75) is 13.0 Å². The topological polar surface area (TPSA) is 53.3 Å². The van der Waals surface area contributed by atoms with E-state index in [1.54, 1.807) is 11.0 Å². The lowest BCUT2D eigenvalue weighted by atomic mass is 10.1. The molecule has 1 aliphatic heterocycles. The van der Waals surface area contributed by atoms with Crippen molar-refractivity contribution in [1.29, 1.82) is 5.26 Å². The summed E-state index contributed by atoms with van der Waals surface area (Å²) in [5.74, 6) is -0.0384. The zero-order valence-electron chi connectivity index (χ0n) is 10.0. The van der Waals surface area contributed by atoms with E-state index in [2.05, 4.69) is 15.9 Å². The first-order valence-electron chi connectivity index (χ1n) is 5.68. The van der Waals surface area contributed by atoms with E-state index in [0.717, 1.165) is 10.0 Å². The van der Waals surface area contributed by atoms with Crippen LogP contribution < -0.4 is 0 Å². The number of hydrogen-bond acceptors (Lipinski definition) is 3. The highest BCUT2D eigenvalue weighted by atomic mass is 79.9. The Labute approximate surface area is 114 Å². The maximum atomic E-state index is 12.3. The molecule has 94 valence electrons. The Bertz CT molecular complexity index is 510. The van der Waals surface area contributed by atoms with Crippen LogP contribution in [-0.2, 0) is 4.74 Å². The fourth-order valence-electron chi connectivity index (χ4n) is 1.95. The Kier molecular flexibility index (Phi) is 4.00. The van der Waals surface area contributed by atoms with Gasteiger partial charge >= 0.3 is 0 Å². The number of ether oxygens (including phenoxy) is 1. The Morgan fingerprint density at radius 2 is 2.39 bits per heavy atom. The van der Waals surface area contributed by atoms with E-state index < -0.39 is 6.10 Å². The molecule has 2 rings (SSSR count). The molecule has 1 unspecified atom stereocenters. The second-order valence-corrected chi connectivity index (χ2v) is 5.11. The average Bonchev–Trinajstić information content (AvgIpc) is 2.38. The molecule has 1 fully saturated rings. The van der Waals surface area contributed by atoms with Gasteiger partial charge in [0.15, 0.2) is 6.10 Å². The van der Waals surface area contributed by atoms with Gasteiger partial charge in [-0.15, -0.1) is 0 Å². The molecule has 0 aliphatic carbocycles. The van der Waals surface area contributed by atoms with Gasteiger partial charge in [-0.25, -0.2) is 0 Å². The Morgan fingerprint density at radius 1 is 1.61 bits per heavy atom. The first-order chi connectivity index (χ1) is 8.61. The van der Waals surface area contributed by atoms with E-state index in [1.807, 2.05) is 25.1 Å². The van der Waals surface area contributed by atoms with Crippen molar-refractivity contribution in [2.24, 2.45) is 0 Å². The molecule has 0 saturated carbocycles. The van der Waals surface area contributed by atoms with Crippen LogP contribution in [0.15, 0.2) is 22.7 Å². The van der Waals surface area contributed by atoms with Crippen LogP contribution in [0.3, 0.4) is 0 Å². The van der Waals surface area contributed by atoms with Crippen molar-refractivity contribution in [3.05, 3.63) is 33.8 Å². The quantitative estimate of drug-likeness (QED) is 0.798. The molecule has 1 atom stereocenters. The minimum absolute atomic E-state index is 0.0384. The van der Waals surface area contributed by atoms with E-state index in [-0.39, 0.29) is 5.91 Å². The molecule has 1 aliphatic rings. The summed E-state index contributed by atoms with van der Waals surface area (Å²) in [5, 5.41) is 8.83. The lowest BCUT2D eigenvalue weighted by molar-refractivity contribution is 0.00343. The second-order valence-electron chi connectivity index (χ2n) is 4.20. The molecule has 0 N–H and O–H groups in total. The molecule has 4 nitrogen and oxygen atoms in total. The van der Waals surface area contributed by atoms with E-state index in [4.69, 9.17) is 10.00 Å². The Morgan fingerprint density at radius 3 is 3.06 bits per heavy atom. The molecule has 0 bridgehead atoms. The minimum Gasteiger partial charge on any atom is -0.360 e. The molecule has 1 aromatic carbocycles. The summed E-state index contributed by atoms with van der Waals surface area (Å²) in [6, 6.07) is 7.61. The van der Waals surface area contributed by atoms with Crippen molar-refractivity contribution >= 4 is 21.8 Å². The number of carbonyl (C=O) groups is 1. The standard InChI is InChI=1S/C13H13BrN2O2/c1-9-6-10(14)2-3-12(9)13(17)16-4-5-18-11(7-15)8-16/h2-3,6,11H,4-5,8H2,1H3. The maximum Gasteiger partial charge on any atom is 0.254 e. The molecule has 18 heavy (non-hydrogen) atoms. The lowest BCUT2D eigenvalue weighted by Gasteiger charge is -2.30. The number of morpholine rings is 1. The van der Waals surface area contributed by atoms with Crippen LogP contribution in [0.4, 0.5) is 0 Å². The maximum absolute atomic E-state index is 12.3. The van der Waals surface area contributed by atoms with E-state index >= 15 is 0 Å². The predicted octanol–water partition coefficient (Wildman–Crippen LogP) is 2.12. The largest absolute Gasteiger partial charge is 0.360 e. The SMILES string of the molecule is Cc1cc(Br)ccc1C(=O)N1CCOC(C#N)C1. The van der Waals surface area contributed by atoms with Gasteiger partial charge in [0.05, 0.1) is 19.2 Å². The molecule has 0 spiro atoms. The van der Waals surface area contributed by atoms with Crippen molar-refractivity contribution < 1.29 is 9.53 Å². The molecule has 1 heterocycles. The number of amides is 1. The van der Waals surface area contributed by atoms with Gasteiger partial charge in [-0.2, -0.15) is 5.26 Å². The number of benzene rings is 1. The number of nitriles is 1. The van der Waals surface area contributed by atoms with Crippen LogP contribution in [0.25, 0.3) is 0 Å². The van der Waals surface area contributed by atoms with Gasteiger partial charge in [0.25, 0.3) is 5.91 Å². The summed E-state index contributed by atoms with van der Waals surface area (Å²) in [6.45, 7) is 3.19. The summed E-state index contributed by atoms with van der Waals surface area (Å²) in [5.41, 5.74) is 1.60. The molecule has 0 radical (unpaired) electrons. The molecular weight excluding hydrogens is 296 g/mol. The highest BCUT2D eigenvalue weighted by Crippen LogP contribution is 2.18. The van der Waals surface area contributed by atoms with Gasteiger partial charge < -0.3 is 9.64 Å². The first kappa shape index (κ1) is 13.1. The zero-order chi connectivity index (χ0) is 13.1. The predicted molar refractivity (Wildman–Crippen MR) is 70.1 cm³/mol. The number of nitrogens with zero attached hydrogens (tertiary/aromatic N) is 2. The third kappa shape index (κ3) is 2.71. The van der Waals surface area contributed by atoms with E-state index in [9.17, 15) is 4.79 Å². The zero-order valence-corrected chi connectivity index (χ0v) is 11.6. The Balaban J connectivity index is 2.18. The number of halogens is 1. The summed E-state index contributed by atoms with van der Waals surface area (Å²) >= 11 is 3.37. The van der Waals surface area contributed by atoms with Crippen LogP contribution in [0, 0.1) is 18.3 Å². The molecule has 0 aromatic heterocycles. The number of carbonyl (C=O) groups excluding carboxylic acids is 1. The van der Waals surface area contributed by atoms with Crippen LogP contribution in [0.1, 0.15) is 15.9 Å². The second kappa shape index (κ2) is 5.51. The van der Waals surface area contributed by atoms with Gasteiger partial charge in [0, 0.05) is 16.6 Å². The van der Waals surface area contributed by atoms with Crippen molar-refractivity contribution in [1.82, 2.24) is 4.90 Å². The van der Waals surface area contributed by atoms with Gasteiger partial charge in [-0.1, -0.05) is 15.9 Å². The molecule has 1 aromatic rings. The molecular formula is C13H13BrN2O2. The number of rotatable bonds is 1. The Hall–Kier alpha value is -1.38. The summed E-state index contributed by atoms with van der Waals surface area (Å²) in [4.78, 5) is 14.0. The fraction of sp³-hybridized carbons (Fsp3) is 0.385. The molecule has 1 saturated heterocycles. The van der Waals surface area contributed by atoms with E-state index in [1.165, 1.54) is 0 Å². The third-order valence-electron chi connectivity index (χ3n) is 2.92. The van der Waals surface area contributed by atoms with Crippen LogP contribution in [-0.4, -0.2) is 36.6 Å². The summed E-state index contributed by atoms with van der Waals surface area (Å²) in [6.07, 6.45) is -0.515. The van der Waals surface area contributed by atoms with Crippen molar-refractivity contribution in [3.8, 4) is 6.07 Å². The minimum atomic E-state index is -0.515. The van der Waals surface area contributed by atoms with Gasteiger partial charge in [-0.05, 0) is 30.7 Å². The number of hydrogen-bond donors (Lipinski definition) is 0. The summed E-state index contributed by atoms with van der Waals surface area (Å²) in [7, 11) is 0. The van der Waals surface area contributed by atoms with Crippen LogP contribution in [0.2, 0.25) is 0 Å². The highest BCUT2D eigenvalue weighted by molar-refractivity contribution is 9.10. The van der Waals surface area contributed by atoms with Gasteiger partial charge in [0.1, 0.15) is 0 Å². The van der Waals surface area contributed by atoms with Crippen molar-refractivity contribution in [3.63, 3.8) is 0 Å². The lowest BCUT2D eigenvalue weighted by Crippen LogP contribution is -2.45. The van der Waals surface area contributed by atoms with Crippen LogP contribution >= 0.6 is 15.9 Å². The highest BCUT2D eigenvalue weighted by Gasteiger charge is 2.25. The first-order valence-corrected chi connectivity index (χ1v) is 6.48. The van der Waals surface area contributed by atoms with Crippen LogP contribution in [0.5, 0.6) is 0 Å². The average molecular weight is 309 g/mol. The van der Waals surface area contributed by atoms with Crippen molar-refractivity contribution in [2.75, 3.05) is 19.7 Å². The smallest absolute Gasteiger partial charge is 0.254 e. The normalized spacial score (nSPS) is 19.4. The molecule has 1 amide bonds. The third-order valence-corrected chi connectivity index (χ3v) is 3.41. The van der Waals surface area contributed by atoms with E-state index in [0.29, 0.717) is 25.3 Å². The number of aryl methyl sites for hydroxylation is 1. The fourth-order valence-corrected chi connectivity index (χ4v) is 2.42. The van der Waals surface area contributed by atoms with Gasteiger partial charge in [-0.3, -0.25) is 4.79 Å². The monoisotopic (exact) mass is 308 g/mol. The summed E-state index contributed by atoms with van der Waals surface area (Å²) < 4.78 is 6.18.